The molecule has 0 amide bonds. The molecule has 1 aromatic carbocycles. The molecule has 32 heavy (non-hydrogen) atoms. The Kier molecular flexibility index (Phi) is 4.11. The van der Waals surface area contributed by atoms with Gasteiger partial charge in [-0.05, 0) is 52.1 Å². The van der Waals surface area contributed by atoms with Crippen LogP contribution >= 0.6 is 0 Å². The van der Waals surface area contributed by atoms with Crippen LogP contribution in [0.15, 0.2) is 24.3 Å². The fourth-order valence-electron chi connectivity index (χ4n) is 3.06. The van der Waals surface area contributed by atoms with Gasteiger partial charge in [0.1, 0.15) is 30.2 Å². The molecule has 0 radical (unpaired) electrons. The minimum absolute atomic E-state index is 0.138. The molecule has 0 bridgehead atoms. The minimum atomic E-state index is -3.40. The van der Waals surface area contributed by atoms with Crippen molar-refractivity contribution < 1.29 is 51.1 Å². The van der Waals surface area contributed by atoms with E-state index in [1.165, 1.54) is 38.1 Å². The van der Waals surface area contributed by atoms with Crippen molar-refractivity contribution in [3.05, 3.63) is 41.1 Å². The fraction of sp³-hybridized carbons (Fsp3) is 0.609. The lowest BCUT2D eigenvalue weighted by molar-refractivity contribution is -0.278. The number of hydrogen-bond acceptors (Lipinski definition) is 8. The van der Waals surface area contributed by atoms with Gasteiger partial charge in [-0.25, -0.2) is 0 Å². The molecule has 5 atom stereocenters. The summed E-state index contributed by atoms with van der Waals surface area (Å²) in [4.78, 5) is 0. The van der Waals surface area contributed by atoms with Crippen LogP contribution in [-0.2, 0) is 11.1 Å². The van der Waals surface area contributed by atoms with Crippen LogP contribution in [0.1, 0.15) is 66.9 Å². The molecule has 0 unspecified atom stereocenters. The van der Waals surface area contributed by atoms with Gasteiger partial charge < -0.3 is 34.6 Å². The van der Waals surface area contributed by atoms with Crippen molar-refractivity contribution in [1.82, 2.24) is 9.78 Å². The highest BCUT2D eigenvalue weighted by Gasteiger charge is 2.45. The molecule has 0 saturated carbocycles. The van der Waals surface area contributed by atoms with Crippen molar-refractivity contribution in [3.63, 3.8) is 0 Å². The van der Waals surface area contributed by atoms with Crippen molar-refractivity contribution in [1.29, 1.82) is 0 Å². The SMILES string of the molecule is [2H]C(C)(C)Oc1ccc(C([2H])([2H])c2c(O[C@@H]3O[C@H](CO)[C@@H](O)[C@H](O)[C@H]3O)nn(C(C([2H])([2H])[2H])C([2H])([2H])[2H])c2C([2H])([2H])[2H])cc1. The molecule has 1 saturated heterocycles. The first-order chi connectivity index (χ1) is 19.8. The molecule has 0 aliphatic carbocycles. The molecular weight excluding hydrogens is 416 g/mol. The van der Waals surface area contributed by atoms with E-state index in [2.05, 4.69) is 5.10 Å². The van der Waals surface area contributed by atoms with Gasteiger partial charge in [-0.3, -0.25) is 4.68 Å². The Bertz CT molecular complexity index is 1270. The van der Waals surface area contributed by atoms with Crippen LogP contribution in [0.25, 0.3) is 0 Å². The van der Waals surface area contributed by atoms with Crippen molar-refractivity contribution in [2.75, 3.05) is 6.61 Å². The summed E-state index contributed by atoms with van der Waals surface area (Å²) in [5.74, 6) is -0.851. The number of nitrogens with zero attached hydrogens (tertiary/aromatic N) is 2. The van der Waals surface area contributed by atoms with Crippen molar-refractivity contribution >= 4 is 0 Å². The molecule has 178 valence electrons. The highest BCUT2D eigenvalue weighted by atomic mass is 16.7. The quantitative estimate of drug-likeness (QED) is 0.463. The largest absolute Gasteiger partial charge is 0.491 e. The number of aliphatic hydroxyl groups excluding tert-OH is 4. The summed E-state index contributed by atoms with van der Waals surface area (Å²) in [5.41, 5.74) is -2.34. The van der Waals surface area contributed by atoms with Crippen molar-refractivity contribution in [2.45, 2.75) is 83.6 Å². The van der Waals surface area contributed by atoms with Crippen LogP contribution in [0.4, 0.5) is 0 Å². The molecule has 1 aromatic heterocycles. The summed E-state index contributed by atoms with van der Waals surface area (Å²) in [6.45, 7) is -8.18. The predicted molar refractivity (Wildman–Crippen MR) is 117 cm³/mol. The molecule has 9 heteroatoms. The molecule has 0 spiro atoms. The van der Waals surface area contributed by atoms with Crippen LogP contribution in [0.5, 0.6) is 11.6 Å². The van der Waals surface area contributed by atoms with Crippen LogP contribution < -0.4 is 9.47 Å². The lowest BCUT2D eigenvalue weighted by Gasteiger charge is -2.39. The number of ether oxygens (including phenoxy) is 3. The highest BCUT2D eigenvalue weighted by Crippen LogP contribution is 2.31. The predicted octanol–water partition coefficient (Wildman–Crippen LogP) is 1.33. The average Bonchev–Trinajstić information content (AvgIpc) is 3.21. The van der Waals surface area contributed by atoms with Gasteiger partial charge in [0.25, 0.3) is 0 Å². The highest BCUT2D eigenvalue weighted by molar-refractivity contribution is 5.38. The Morgan fingerprint density at radius 1 is 1.19 bits per heavy atom. The maximum Gasteiger partial charge on any atom is 0.239 e. The Morgan fingerprint density at radius 2 is 1.91 bits per heavy atom. The zero-order valence-corrected chi connectivity index (χ0v) is 17.4. The molecule has 2 aromatic rings. The first-order valence-corrected chi connectivity index (χ1v) is 9.71. The topological polar surface area (TPSA) is 126 Å². The molecule has 3 rings (SSSR count). The van der Waals surface area contributed by atoms with Gasteiger partial charge in [-0.1, -0.05) is 12.1 Å². The summed E-state index contributed by atoms with van der Waals surface area (Å²) in [6, 6.07) is 2.33. The van der Waals surface area contributed by atoms with Crippen LogP contribution in [-0.4, -0.2) is 73.6 Å². The smallest absolute Gasteiger partial charge is 0.239 e. The lowest BCUT2D eigenvalue weighted by atomic mass is 9.99. The monoisotopic (exact) mass is 462 g/mol. The van der Waals surface area contributed by atoms with Crippen molar-refractivity contribution in [3.8, 4) is 11.6 Å². The third-order valence-electron chi connectivity index (χ3n) is 4.64. The van der Waals surface area contributed by atoms with Gasteiger partial charge in [0.15, 0.2) is 0 Å². The van der Waals surface area contributed by atoms with E-state index in [0.717, 1.165) is 0 Å². The standard InChI is InChI=1S/C23H34N2O7/c1-12(2)25-14(5)17(10-15-6-8-16(9-7-15)30-13(3)4)22(24-25)32-23-21(29)20(28)19(27)18(11-26)31-23/h6-9,12-13,18-21,23,26-29H,10-11H2,1-5H3/t18-,19-,20+,21-,23+/m1/s1/i1D3,2D3,5D3,10D2,13D. The normalized spacial score (nSPS) is 33.5. The third kappa shape index (κ3) is 5.24. The Balaban J connectivity index is 2.33. The fourth-order valence-corrected chi connectivity index (χ4v) is 3.06. The van der Waals surface area contributed by atoms with Crippen LogP contribution in [0.2, 0.25) is 0 Å². The van der Waals surface area contributed by atoms with Gasteiger partial charge in [0.05, 0.1) is 14.1 Å². The number of benzene rings is 1. The summed E-state index contributed by atoms with van der Waals surface area (Å²) in [6.07, 6.45) is -13.7. The third-order valence-corrected chi connectivity index (χ3v) is 4.64. The lowest BCUT2D eigenvalue weighted by Crippen LogP contribution is -2.60. The van der Waals surface area contributed by atoms with E-state index < -0.39 is 93.5 Å². The second kappa shape index (κ2) is 10.2. The summed E-state index contributed by atoms with van der Waals surface area (Å²) < 4.78 is 114. The van der Waals surface area contributed by atoms with Crippen LogP contribution in [0.3, 0.4) is 0 Å². The zero-order chi connectivity index (χ0) is 33.8. The summed E-state index contributed by atoms with van der Waals surface area (Å²) in [7, 11) is 0. The van der Waals surface area contributed by atoms with Gasteiger partial charge in [0.2, 0.25) is 12.2 Å². The van der Waals surface area contributed by atoms with Gasteiger partial charge in [-0.2, -0.15) is 0 Å². The molecule has 4 N–H and O–H groups in total. The minimum Gasteiger partial charge on any atom is -0.491 e. The van der Waals surface area contributed by atoms with E-state index in [1.807, 2.05) is 0 Å². The second-order valence-electron chi connectivity index (χ2n) is 7.35. The maximum atomic E-state index is 10.5. The van der Waals surface area contributed by atoms with E-state index in [1.54, 1.807) is 0 Å². The second-order valence-corrected chi connectivity index (χ2v) is 7.35. The first-order valence-electron chi connectivity index (χ1n) is 15.7. The molecule has 1 aliphatic heterocycles. The summed E-state index contributed by atoms with van der Waals surface area (Å²) in [5, 5.41) is 44.2. The van der Waals surface area contributed by atoms with E-state index in [4.69, 9.17) is 30.7 Å². The summed E-state index contributed by atoms with van der Waals surface area (Å²) >= 11 is 0. The molecule has 1 fully saturated rings. The maximum absolute atomic E-state index is 10.5. The number of hydrogen-bond donors (Lipinski definition) is 4. The Labute approximate surface area is 205 Å². The van der Waals surface area contributed by atoms with Gasteiger partial charge in [0, 0.05) is 38.8 Å². The first kappa shape index (κ1) is 12.9. The average molecular weight is 463 g/mol. The zero-order valence-electron chi connectivity index (χ0n) is 29.4. The van der Waals surface area contributed by atoms with Gasteiger partial charge >= 0.3 is 0 Å². The molecule has 2 heterocycles. The molecule has 9 nitrogen and oxygen atoms in total. The molecule has 1 aliphatic rings. The van der Waals surface area contributed by atoms with Crippen molar-refractivity contribution in [2.24, 2.45) is 0 Å². The Morgan fingerprint density at radius 3 is 2.50 bits per heavy atom. The number of aliphatic hydroxyl groups is 4. The van der Waals surface area contributed by atoms with Gasteiger partial charge in [-0.15, -0.1) is 5.10 Å². The number of aromatic nitrogens is 2. The van der Waals surface area contributed by atoms with Crippen LogP contribution in [0, 0.1) is 6.85 Å². The number of rotatable bonds is 8. The van der Waals surface area contributed by atoms with E-state index in [0.29, 0.717) is 0 Å². The van der Waals surface area contributed by atoms with E-state index in [9.17, 15) is 20.4 Å². The van der Waals surface area contributed by atoms with E-state index >= 15 is 0 Å². The molecular formula is C23H34N2O7. The Hall–Kier alpha value is -2.17. The van der Waals surface area contributed by atoms with E-state index in [-0.39, 0.29) is 16.0 Å².